The van der Waals surface area contributed by atoms with Gasteiger partial charge in [0.05, 0.1) is 17.9 Å². The van der Waals surface area contributed by atoms with Gasteiger partial charge in [-0.1, -0.05) is 0 Å². The third kappa shape index (κ3) is 3.12. The molecule has 8 nitrogen and oxygen atoms in total. The van der Waals surface area contributed by atoms with Gasteiger partial charge < -0.3 is 14.6 Å². The summed E-state index contributed by atoms with van der Waals surface area (Å²) in [5.74, 6) is -0.350. The molecule has 1 aromatic heterocycles. The number of likely N-dealkylation sites (N-methyl/N-ethyl adjacent to an activating group) is 1. The predicted molar refractivity (Wildman–Crippen MR) is 78.9 cm³/mol. The van der Waals surface area contributed by atoms with Crippen molar-refractivity contribution in [1.82, 2.24) is 14.5 Å². The van der Waals surface area contributed by atoms with Crippen molar-refractivity contribution < 1.29 is 14.8 Å². The van der Waals surface area contributed by atoms with E-state index >= 15 is 0 Å². The van der Waals surface area contributed by atoms with Gasteiger partial charge in [0.2, 0.25) is 0 Å². The van der Waals surface area contributed by atoms with Crippen molar-refractivity contribution in [1.29, 1.82) is 0 Å². The Morgan fingerprint density at radius 1 is 1.50 bits per heavy atom. The number of rotatable bonds is 6. The first-order chi connectivity index (χ1) is 10.6. The molecule has 2 aromatic rings. The summed E-state index contributed by atoms with van der Waals surface area (Å²) in [7, 11) is 0. The molecule has 1 heterocycles. The van der Waals surface area contributed by atoms with Crippen molar-refractivity contribution in [3.63, 3.8) is 0 Å². The summed E-state index contributed by atoms with van der Waals surface area (Å²) in [6, 6.07) is 4.29. The molecule has 8 heteroatoms. The number of imidazole rings is 1. The lowest BCUT2D eigenvalue weighted by Crippen LogP contribution is -2.33. The summed E-state index contributed by atoms with van der Waals surface area (Å²) >= 11 is 0. The van der Waals surface area contributed by atoms with Crippen LogP contribution in [0.1, 0.15) is 17.3 Å². The number of benzene rings is 1. The van der Waals surface area contributed by atoms with Gasteiger partial charge in [0.25, 0.3) is 11.6 Å². The SMILES string of the molecule is CCN(CCO)C(=O)c1ccc(-n2ccnc2)c([N+](=O)[O-])c1. The first kappa shape index (κ1) is 15.6. The van der Waals surface area contributed by atoms with Crippen LogP contribution in [0.25, 0.3) is 5.69 Å². The van der Waals surface area contributed by atoms with Crippen LogP contribution in [0.2, 0.25) is 0 Å². The lowest BCUT2D eigenvalue weighted by atomic mass is 10.1. The van der Waals surface area contributed by atoms with Crippen molar-refractivity contribution >= 4 is 11.6 Å². The maximum Gasteiger partial charge on any atom is 0.294 e. The molecular weight excluding hydrogens is 288 g/mol. The third-order valence-corrected chi connectivity index (χ3v) is 3.24. The zero-order chi connectivity index (χ0) is 16.1. The minimum atomic E-state index is -0.533. The minimum Gasteiger partial charge on any atom is -0.395 e. The molecule has 1 aromatic carbocycles. The van der Waals surface area contributed by atoms with Gasteiger partial charge in [-0.15, -0.1) is 0 Å². The van der Waals surface area contributed by atoms with Crippen LogP contribution in [0, 0.1) is 10.1 Å². The van der Waals surface area contributed by atoms with E-state index in [2.05, 4.69) is 4.98 Å². The Morgan fingerprint density at radius 2 is 2.27 bits per heavy atom. The Labute approximate surface area is 126 Å². The maximum atomic E-state index is 12.3. The van der Waals surface area contributed by atoms with E-state index in [1.165, 1.54) is 40.2 Å². The van der Waals surface area contributed by atoms with Gasteiger partial charge in [-0.05, 0) is 19.1 Å². The molecule has 0 aliphatic rings. The molecule has 1 N–H and O–H groups in total. The second kappa shape index (κ2) is 6.81. The highest BCUT2D eigenvalue weighted by Gasteiger charge is 2.21. The molecule has 0 fully saturated rings. The number of carbonyl (C=O) groups excluding carboxylic acids is 1. The molecule has 0 radical (unpaired) electrons. The number of hydrogen-bond acceptors (Lipinski definition) is 5. The van der Waals surface area contributed by atoms with Crippen LogP contribution in [0.3, 0.4) is 0 Å². The van der Waals surface area contributed by atoms with Crippen molar-refractivity contribution in [3.05, 3.63) is 52.6 Å². The Balaban J connectivity index is 2.42. The summed E-state index contributed by atoms with van der Waals surface area (Å²) in [6.45, 7) is 2.22. The topological polar surface area (TPSA) is 102 Å². The van der Waals surface area contributed by atoms with Crippen LogP contribution in [-0.2, 0) is 0 Å². The first-order valence-electron chi connectivity index (χ1n) is 6.75. The van der Waals surface area contributed by atoms with Crippen molar-refractivity contribution in [3.8, 4) is 5.69 Å². The normalized spacial score (nSPS) is 10.5. The lowest BCUT2D eigenvalue weighted by molar-refractivity contribution is -0.384. The monoisotopic (exact) mass is 304 g/mol. The van der Waals surface area contributed by atoms with Gasteiger partial charge in [0.15, 0.2) is 0 Å². The second-order valence-corrected chi connectivity index (χ2v) is 4.54. The number of aliphatic hydroxyl groups excluding tert-OH is 1. The number of aliphatic hydroxyl groups is 1. The van der Waals surface area contributed by atoms with Crippen LogP contribution in [0.4, 0.5) is 5.69 Å². The van der Waals surface area contributed by atoms with E-state index in [4.69, 9.17) is 5.11 Å². The number of carbonyl (C=O) groups is 1. The molecular formula is C14H16N4O4. The smallest absolute Gasteiger partial charge is 0.294 e. The average molecular weight is 304 g/mol. The largest absolute Gasteiger partial charge is 0.395 e. The van der Waals surface area contributed by atoms with Crippen molar-refractivity contribution in [2.24, 2.45) is 0 Å². The van der Waals surface area contributed by atoms with Gasteiger partial charge in [0.1, 0.15) is 5.69 Å². The fraction of sp³-hybridized carbons (Fsp3) is 0.286. The second-order valence-electron chi connectivity index (χ2n) is 4.54. The fourth-order valence-electron chi connectivity index (χ4n) is 2.13. The number of nitro groups is 1. The average Bonchev–Trinajstić information content (AvgIpc) is 3.05. The van der Waals surface area contributed by atoms with Crippen LogP contribution >= 0.6 is 0 Å². The minimum absolute atomic E-state index is 0.158. The number of amides is 1. The Bertz CT molecular complexity index is 669. The molecule has 1 amide bonds. The zero-order valence-electron chi connectivity index (χ0n) is 12.0. The van der Waals surface area contributed by atoms with E-state index in [-0.39, 0.29) is 30.3 Å². The van der Waals surface area contributed by atoms with Crippen molar-refractivity contribution in [2.45, 2.75) is 6.92 Å². The standard InChI is InChI=1S/C14H16N4O4/c1-2-16(7-8-19)14(20)11-3-4-12(13(9-11)18(21)22)17-6-5-15-10-17/h3-6,9-10,19H,2,7-8H2,1H3. The molecule has 0 unspecified atom stereocenters. The quantitative estimate of drug-likeness (QED) is 0.639. The fourth-order valence-corrected chi connectivity index (χ4v) is 2.13. The first-order valence-corrected chi connectivity index (χ1v) is 6.75. The number of aromatic nitrogens is 2. The van der Waals surface area contributed by atoms with Gasteiger partial charge in [-0.3, -0.25) is 14.9 Å². The molecule has 0 bridgehead atoms. The maximum absolute atomic E-state index is 12.3. The number of nitrogens with zero attached hydrogens (tertiary/aromatic N) is 4. The van der Waals surface area contributed by atoms with E-state index in [1.807, 2.05) is 0 Å². The highest BCUT2D eigenvalue weighted by atomic mass is 16.6. The summed E-state index contributed by atoms with van der Waals surface area (Å²) < 4.78 is 1.51. The molecule has 0 atom stereocenters. The van der Waals surface area contributed by atoms with Gasteiger partial charge in [-0.25, -0.2) is 4.98 Å². The molecule has 0 aliphatic heterocycles. The van der Waals surface area contributed by atoms with Gasteiger partial charge in [0, 0.05) is 37.1 Å². The summed E-state index contributed by atoms with van der Waals surface area (Å²) in [5.41, 5.74) is 0.374. The van der Waals surface area contributed by atoms with E-state index in [9.17, 15) is 14.9 Å². The molecule has 0 saturated carbocycles. The highest BCUT2D eigenvalue weighted by molar-refractivity contribution is 5.95. The molecule has 22 heavy (non-hydrogen) atoms. The van der Waals surface area contributed by atoms with E-state index < -0.39 is 4.92 Å². The molecule has 0 aliphatic carbocycles. The van der Waals surface area contributed by atoms with E-state index in [0.29, 0.717) is 12.2 Å². The Kier molecular flexibility index (Phi) is 4.84. The predicted octanol–water partition coefficient (Wildman–Crippen LogP) is 1.23. The van der Waals surface area contributed by atoms with Crippen LogP contribution in [0.15, 0.2) is 36.9 Å². The summed E-state index contributed by atoms with van der Waals surface area (Å²) in [4.78, 5) is 28.3. The van der Waals surface area contributed by atoms with Crippen LogP contribution in [-0.4, -0.2) is 50.1 Å². The molecule has 0 spiro atoms. The Morgan fingerprint density at radius 3 is 2.82 bits per heavy atom. The molecule has 2 rings (SSSR count). The van der Waals surface area contributed by atoms with Crippen LogP contribution < -0.4 is 0 Å². The summed E-state index contributed by atoms with van der Waals surface area (Å²) in [5, 5.41) is 20.2. The molecule has 116 valence electrons. The van der Waals surface area contributed by atoms with E-state index in [1.54, 1.807) is 13.1 Å². The Hall–Kier alpha value is -2.74. The van der Waals surface area contributed by atoms with Crippen molar-refractivity contribution in [2.75, 3.05) is 19.7 Å². The van der Waals surface area contributed by atoms with Crippen LogP contribution in [0.5, 0.6) is 0 Å². The highest BCUT2D eigenvalue weighted by Crippen LogP contribution is 2.24. The number of hydrogen-bond donors (Lipinski definition) is 1. The number of nitro benzene ring substituents is 1. The van der Waals surface area contributed by atoms with Gasteiger partial charge in [-0.2, -0.15) is 0 Å². The van der Waals surface area contributed by atoms with E-state index in [0.717, 1.165) is 0 Å². The summed E-state index contributed by atoms with van der Waals surface area (Å²) in [6.07, 6.45) is 4.56. The molecule has 0 saturated heterocycles. The lowest BCUT2D eigenvalue weighted by Gasteiger charge is -2.19. The zero-order valence-corrected chi connectivity index (χ0v) is 12.0. The third-order valence-electron chi connectivity index (χ3n) is 3.24. The van der Waals surface area contributed by atoms with Gasteiger partial charge >= 0.3 is 0 Å².